The molecule has 88 valence electrons. The van der Waals surface area contributed by atoms with Crippen molar-refractivity contribution in [3.05, 3.63) is 58.3 Å². The lowest BCUT2D eigenvalue weighted by Gasteiger charge is -2.07. The van der Waals surface area contributed by atoms with E-state index < -0.39 is 0 Å². The van der Waals surface area contributed by atoms with Crippen LogP contribution in [0.1, 0.15) is 5.56 Å². The number of nitrogens with two attached hydrogens (primary N) is 1. The van der Waals surface area contributed by atoms with Crippen LogP contribution in [0.25, 0.3) is 0 Å². The van der Waals surface area contributed by atoms with E-state index in [1.54, 1.807) is 6.07 Å². The fraction of sp³-hybridized carbons (Fsp3) is 0.0769. The van der Waals surface area contributed by atoms with Crippen LogP contribution in [0.15, 0.2) is 51.8 Å². The first-order valence-corrected chi connectivity index (χ1v) is 6.86. The molecule has 17 heavy (non-hydrogen) atoms. The van der Waals surface area contributed by atoms with E-state index in [-0.39, 0.29) is 5.82 Å². The van der Waals surface area contributed by atoms with Crippen molar-refractivity contribution in [1.29, 1.82) is 0 Å². The summed E-state index contributed by atoms with van der Waals surface area (Å²) < 4.78 is 13.8. The minimum absolute atomic E-state index is 0.283. The highest BCUT2D eigenvalue weighted by Crippen LogP contribution is 2.32. The van der Waals surface area contributed by atoms with Gasteiger partial charge in [0, 0.05) is 16.3 Å². The average Bonchev–Trinajstić information content (AvgIpc) is 2.33. The molecular weight excluding hydrogens is 301 g/mol. The lowest BCUT2D eigenvalue weighted by molar-refractivity contribution is 0.618. The zero-order valence-electron chi connectivity index (χ0n) is 8.99. The second-order valence-corrected chi connectivity index (χ2v) is 5.45. The molecule has 0 heterocycles. The predicted molar refractivity (Wildman–Crippen MR) is 74.5 cm³/mol. The minimum atomic E-state index is -0.283. The summed E-state index contributed by atoms with van der Waals surface area (Å²) in [6, 6.07) is 13.1. The molecule has 0 radical (unpaired) electrons. The number of thioether (sulfide) groups is 1. The van der Waals surface area contributed by atoms with Gasteiger partial charge >= 0.3 is 0 Å². The van der Waals surface area contributed by atoms with Gasteiger partial charge in [-0.25, -0.2) is 4.39 Å². The van der Waals surface area contributed by atoms with Crippen molar-refractivity contribution in [3.8, 4) is 0 Å². The lowest BCUT2D eigenvalue weighted by atomic mass is 10.2. The summed E-state index contributed by atoms with van der Waals surface area (Å²) in [5.74, 6) is 0.501. The standard InChI is InChI=1S/C13H11BrFNS/c14-10-6-12(16)13(7-11(10)15)17-8-9-4-2-1-3-5-9/h1-7H,8,16H2. The number of nitrogen functional groups attached to an aromatic ring is 1. The topological polar surface area (TPSA) is 26.0 Å². The van der Waals surface area contributed by atoms with E-state index in [2.05, 4.69) is 15.9 Å². The predicted octanol–water partition coefficient (Wildman–Crippen LogP) is 4.46. The Labute approximate surface area is 112 Å². The molecule has 0 bridgehead atoms. The number of anilines is 1. The first kappa shape index (κ1) is 12.5. The van der Waals surface area contributed by atoms with Crippen molar-refractivity contribution in [2.45, 2.75) is 10.6 Å². The second kappa shape index (κ2) is 5.56. The molecule has 2 aromatic rings. The number of benzene rings is 2. The molecule has 0 amide bonds. The van der Waals surface area contributed by atoms with Crippen molar-refractivity contribution in [2.75, 3.05) is 5.73 Å². The Hall–Kier alpha value is -1.00. The molecule has 0 atom stereocenters. The molecule has 0 aromatic heterocycles. The second-order valence-electron chi connectivity index (χ2n) is 3.58. The van der Waals surface area contributed by atoms with Crippen molar-refractivity contribution < 1.29 is 4.39 Å². The van der Waals surface area contributed by atoms with Crippen molar-refractivity contribution >= 4 is 33.4 Å². The Balaban J connectivity index is 2.12. The third-order valence-corrected chi connectivity index (χ3v) is 4.04. The van der Waals surface area contributed by atoms with Gasteiger partial charge in [0.1, 0.15) is 5.82 Å². The molecule has 0 spiro atoms. The van der Waals surface area contributed by atoms with Gasteiger partial charge in [-0.2, -0.15) is 0 Å². The van der Waals surface area contributed by atoms with Gasteiger partial charge in [-0.3, -0.25) is 0 Å². The van der Waals surface area contributed by atoms with E-state index in [0.717, 1.165) is 10.6 Å². The van der Waals surface area contributed by atoms with Gasteiger partial charge in [0.2, 0.25) is 0 Å². The average molecular weight is 312 g/mol. The number of hydrogen-bond acceptors (Lipinski definition) is 2. The molecule has 0 saturated carbocycles. The van der Waals surface area contributed by atoms with Crippen LogP contribution in [0.4, 0.5) is 10.1 Å². The molecule has 2 rings (SSSR count). The Bertz CT molecular complexity index is 516. The van der Waals surface area contributed by atoms with Gasteiger partial charge in [-0.1, -0.05) is 30.3 Å². The van der Waals surface area contributed by atoms with E-state index in [4.69, 9.17) is 5.73 Å². The highest BCUT2D eigenvalue weighted by atomic mass is 79.9. The van der Waals surface area contributed by atoms with Crippen LogP contribution in [0.3, 0.4) is 0 Å². The maximum absolute atomic E-state index is 13.4. The maximum atomic E-state index is 13.4. The molecule has 0 aliphatic heterocycles. The van der Waals surface area contributed by atoms with Crippen LogP contribution in [-0.4, -0.2) is 0 Å². The van der Waals surface area contributed by atoms with E-state index in [9.17, 15) is 4.39 Å². The first-order chi connectivity index (χ1) is 8.16. The third kappa shape index (κ3) is 3.23. The Kier molecular flexibility index (Phi) is 4.07. The molecule has 2 N–H and O–H groups in total. The lowest BCUT2D eigenvalue weighted by Crippen LogP contribution is -1.91. The number of halogens is 2. The maximum Gasteiger partial charge on any atom is 0.138 e. The molecule has 0 aliphatic rings. The molecule has 0 aliphatic carbocycles. The molecule has 1 nitrogen and oxygen atoms in total. The quantitative estimate of drug-likeness (QED) is 0.669. The fourth-order valence-corrected chi connectivity index (χ4v) is 2.69. The number of rotatable bonds is 3. The molecule has 0 saturated heterocycles. The first-order valence-electron chi connectivity index (χ1n) is 5.08. The monoisotopic (exact) mass is 311 g/mol. The highest BCUT2D eigenvalue weighted by molar-refractivity contribution is 9.10. The van der Waals surface area contributed by atoms with Gasteiger partial charge in [0.05, 0.1) is 4.47 Å². The number of hydrogen-bond donors (Lipinski definition) is 1. The summed E-state index contributed by atoms with van der Waals surface area (Å²) in [4.78, 5) is 0.773. The van der Waals surface area contributed by atoms with E-state index in [1.165, 1.54) is 23.4 Å². The molecule has 0 unspecified atom stereocenters. The zero-order valence-corrected chi connectivity index (χ0v) is 11.4. The summed E-state index contributed by atoms with van der Waals surface area (Å²) >= 11 is 4.65. The summed E-state index contributed by atoms with van der Waals surface area (Å²) in [5.41, 5.74) is 7.63. The molecule has 0 fully saturated rings. The van der Waals surface area contributed by atoms with Gasteiger partial charge < -0.3 is 5.73 Å². The Morgan fingerprint density at radius 3 is 2.59 bits per heavy atom. The third-order valence-electron chi connectivity index (χ3n) is 2.29. The fourth-order valence-electron chi connectivity index (χ4n) is 1.40. The van der Waals surface area contributed by atoms with Crippen LogP contribution in [0.5, 0.6) is 0 Å². The Morgan fingerprint density at radius 2 is 1.88 bits per heavy atom. The largest absolute Gasteiger partial charge is 0.398 e. The Morgan fingerprint density at radius 1 is 1.18 bits per heavy atom. The van der Waals surface area contributed by atoms with Crippen molar-refractivity contribution in [1.82, 2.24) is 0 Å². The summed E-state index contributed by atoms with van der Waals surface area (Å²) in [7, 11) is 0. The highest BCUT2D eigenvalue weighted by Gasteiger charge is 2.06. The zero-order chi connectivity index (χ0) is 12.3. The van der Waals surface area contributed by atoms with E-state index >= 15 is 0 Å². The van der Waals surface area contributed by atoms with Crippen molar-refractivity contribution in [3.63, 3.8) is 0 Å². The minimum Gasteiger partial charge on any atom is -0.398 e. The van der Waals surface area contributed by atoms with E-state index in [1.807, 2.05) is 30.3 Å². The van der Waals surface area contributed by atoms with Crippen LogP contribution < -0.4 is 5.73 Å². The van der Waals surface area contributed by atoms with Crippen molar-refractivity contribution in [2.24, 2.45) is 0 Å². The molecule has 2 aromatic carbocycles. The van der Waals surface area contributed by atoms with Gasteiger partial charge in [-0.15, -0.1) is 11.8 Å². The van der Waals surface area contributed by atoms with Crippen LogP contribution in [-0.2, 0) is 5.75 Å². The van der Waals surface area contributed by atoms with Gasteiger partial charge in [0.15, 0.2) is 0 Å². The van der Waals surface area contributed by atoms with Crippen LogP contribution in [0.2, 0.25) is 0 Å². The van der Waals surface area contributed by atoms with E-state index in [0.29, 0.717) is 10.2 Å². The van der Waals surface area contributed by atoms with Crippen LogP contribution in [0, 0.1) is 5.82 Å². The normalized spacial score (nSPS) is 10.5. The molecule has 4 heteroatoms. The summed E-state index contributed by atoms with van der Waals surface area (Å²) in [6.45, 7) is 0. The SMILES string of the molecule is Nc1cc(Br)c(F)cc1SCc1ccccc1. The van der Waals surface area contributed by atoms with Crippen LogP contribution >= 0.6 is 27.7 Å². The molecular formula is C13H11BrFNS. The van der Waals surface area contributed by atoms with Gasteiger partial charge in [-0.05, 0) is 33.6 Å². The smallest absolute Gasteiger partial charge is 0.138 e. The summed E-state index contributed by atoms with van der Waals surface area (Å²) in [5, 5.41) is 0. The summed E-state index contributed by atoms with van der Waals surface area (Å²) in [6.07, 6.45) is 0. The van der Waals surface area contributed by atoms with Gasteiger partial charge in [0.25, 0.3) is 0 Å².